The first-order chi connectivity index (χ1) is 11.3. The van der Waals surface area contributed by atoms with Crippen molar-refractivity contribution in [1.82, 2.24) is 4.90 Å². The Bertz CT molecular complexity index is 475. The van der Waals surface area contributed by atoms with Gasteiger partial charge in [-0.15, -0.1) is 0 Å². The van der Waals surface area contributed by atoms with Crippen LogP contribution in [0.4, 0.5) is 0 Å². The molecule has 1 spiro atoms. The normalized spacial score (nSPS) is 27.7. The number of furan rings is 1. The third-order valence-corrected chi connectivity index (χ3v) is 5.95. The van der Waals surface area contributed by atoms with Crippen molar-refractivity contribution in [1.29, 1.82) is 0 Å². The van der Waals surface area contributed by atoms with Gasteiger partial charge in [0.05, 0.1) is 18.1 Å². The van der Waals surface area contributed by atoms with Crippen LogP contribution in [0, 0.1) is 11.8 Å². The molecule has 3 fully saturated rings. The van der Waals surface area contributed by atoms with E-state index in [4.69, 9.17) is 13.9 Å². The molecular weight excluding hydrogens is 290 g/mol. The second-order valence-electron chi connectivity index (χ2n) is 7.61. The molecule has 1 aromatic heterocycles. The van der Waals surface area contributed by atoms with Crippen molar-refractivity contribution >= 4 is 0 Å². The summed E-state index contributed by atoms with van der Waals surface area (Å²) in [5.41, 5.74) is 1.41. The van der Waals surface area contributed by atoms with Crippen molar-refractivity contribution in [2.75, 3.05) is 32.9 Å². The topological polar surface area (TPSA) is 34.8 Å². The lowest BCUT2D eigenvalue weighted by Crippen LogP contribution is -2.47. The second-order valence-corrected chi connectivity index (χ2v) is 7.61. The van der Waals surface area contributed by atoms with Crippen LogP contribution in [0.2, 0.25) is 0 Å². The zero-order valence-corrected chi connectivity index (χ0v) is 14.0. The Balaban J connectivity index is 1.24. The first kappa shape index (κ1) is 15.7. The lowest BCUT2D eigenvalue weighted by molar-refractivity contribution is -0.0731. The van der Waals surface area contributed by atoms with Crippen LogP contribution in [0.3, 0.4) is 0 Å². The minimum absolute atomic E-state index is 0.135. The average Bonchev–Trinajstić information content (AvgIpc) is 3.10. The fourth-order valence-corrected chi connectivity index (χ4v) is 4.24. The Kier molecular flexibility index (Phi) is 4.74. The molecule has 4 heteroatoms. The number of hydrogen-bond acceptors (Lipinski definition) is 4. The van der Waals surface area contributed by atoms with Gasteiger partial charge >= 0.3 is 0 Å². The highest BCUT2D eigenvalue weighted by atomic mass is 16.5. The molecule has 4 rings (SSSR count). The fraction of sp³-hybridized carbons (Fsp3) is 0.789. The molecule has 0 amide bonds. The highest BCUT2D eigenvalue weighted by Crippen LogP contribution is 2.42. The predicted octanol–water partition coefficient (Wildman–Crippen LogP) is 3.47. The monoisotopic (exact) mass is 319 g/mol. The van der Waals surface area contributed by atoms with E-state index in [9.17, 15) is 0 Å². The average molecular weight is 319 g/mol. The van der Waals surface area contributed by atoms with Crippen molar-refractivity contribution in [3.8, 4) is 0 Å². The van der Waals surface area contributed by atoms with Crippen LogP contribution in [0.5, 0.6) is 0 Å². The van der Waals surface area contributed by atoms with Gasteiger partial charge in [0.1, 0.15) is 0 Å². The van der Waals surface area contributed by atoms with Crippen molar-refractivity contribution in [2.24, 2.45) is 11.8 Å². The highest BCUT2D eigenvalue weighted by Gasteiger charge is 2.45. The maximum absolute atomic E-state index is 6.27. The molecule has 4 nitrogen and oxygen atoms in total. The molecule has 0 unspecified atom stereocenters. The van der Waals surface area contributed by atoms with Gasteiger partial charge in [0.15, 0.2) is 0 Å². The van der Waals surface area contributed by atoms with Crippen LogP contribution < -0.4 is 0 Å². The van der Waals surface area contributed by atoms with Gasteiger partial charge in [0.25, 0.3) is 0 Å². The summed E-state index contributed by atoms with van der Waals surface area (Å²) in [5.74, 6) is 1.56. The van der Waals surface area contributed by atoms with Crippen LogP contribution >= 0.6 is 0 Å². The van der Waals surface area contributed by atoms with Gasteiger partial charge < -0.3 is 13.9 Å². The molecule has 0 bridgehead atoms. The van der Waals surface area contributed by atoms with Crippen molar-refractivity contribution < 1.29 is 13.9 Å². The third kappa shape index (κ3) is 3.81. The Morgan fingerprint density at radius 3 is 2.83 bits per heavy atom. The predicted molar refractivity (Wildman–Crippen MR) is 88.2 cm³/mol. The van der Waals surface area contributed by atoms with Crippen molar-refractivity contribution in [2.45, 2.75) is 50.7 Å². The van der Waals surface area contributed by atoms with E-state index in [1.807, 2.05) is 6.26 Å². The summed E-state index contributed by atoms with van der Waals surface area (Å²) in [7, 11) is 0. The van der Waals surface area contributed by atoms with E-state index in [1.165, 1.54) is 31.2 Å². The van der Waals surface area contributed by atoms with E-state index in [0.29, 0.717) is 5.92 Å². The Labute approximate surface area is 139 Å². The highest BCUT2D eigenvalue weighted by molar-refractivity contribution is 5.06. The maximum atomic E-state index is 6.27. The third-order valence-electron chi connectivity index (χ3n) is 5.95. The van der Waals surface area contributed by atoms with Crippen LogP contribution in [-0.2, 0) is 16.0 Å². The quantitative estimate of drug-likeness (QED) is 0.721. The number of nitrogens with zero attached hydrogens (tertiary/aromatic N) is 1. The number of likely N-dealkylation sites (tertiary alicyclic amines) is 1. The summed E-state index contributed by atoms with van der Waals surface area (Å²) in [6.45, 7) is 6.11. The molecule has 1 aromatic rings. The van der Waals surface area contributed by atoms with Gasteiger partial charge in [-0.05, 0) is 56.4 Å². The summed E-state index contributed by atoms with van der Waals surface area (Å²) >= 11 is 0. The molecule has 3 heterocycles. The van der Waals surface area contributed by atoms with Gasteiger partial charge in [-0.25, -0.2) is 0 Å². The van der Waals surface area contributed by atoms with Gasteiger partial charge in [0.2, 0.25) is 0 Å². The Hall–Kier alpha value is -0.840. The molecule has 23 heavy (non-hydrogen) atoms. The summed E-state index contributed by atoms with van der Waals surface area (Å²) < 4.78 is 17.3. The molecule has 1 saturated carbocycles. The van der Waals surface area contributed by atoms with E-state index in [2.05, 4.69) is 11.0 Å². The second kappa shape index (κ2) is 6.96. The molecule has 0 radical (unpaired) electrons. The summed E-state index contributed by atoms with van der Waals surface area (Å²) in [4.78, 5) is 2.53. The first-order valence-electron chi connectivity index (χ1n) is 9.29. The van der Waals surface area contributed by atoms with E-state index in [1.54, 1.807) is 6.26 Å². The SMILES string of the molecule is c1cc(CN2CCC3(CC2)OCC[C@@H]3CCOCC2CC2)co1. The number of rotatable bonds is 7. The molecule has 0 N–H and O–H groups in total. The Morgan fingerprint density at radius 1 is 1.22 bits per heavy atom. The molecule has 128 valence electrons. The van der Waals surface area contributed by atoms with E-state index in [0.717, 1.165) is 58.2 Å². The van der Waals surface area contributed by atoms with Crippen LogP contribution in [-0.4, -0.2) is 43.4 Å². The van der Waals surface area contributed by atoms with Crippen LogP contribution in [0.15, 0.2) is 23.0 Å². The largest absolute Gasteiger partial charge is 0.472 e. The fourth-order valence-electron chi connectivity index (χ4n) is 4.24. The van der Waals surface area contributed by atoms with E-state index >= 15 is 0 Å². The minimum atomic E-state index is 0.135. The lowest BCUT2D eigenvalue weighted by Gasteiger charge is -2.42. The first-order valence-corrected chi connectivity index (χ1v) is 9.29. The van der Waals surface area contributed by atoms with Crippen LogP contribution in [0.1, 0.15) is 44.1 Å². The smallest absolute Gasteiger partial charge is 0.0947 e. The van der Waals surface area contributed by atoms with Gasteiger partial charge in [0, 0.05) is 45.0 Å². The lowest BCUT2D eigenvalue weighted by atomic mass is 9.78. The zero-order valence-electron chi connectivity index (χ0n) is 14.0. The number of hydrogen-bond donors (Lipinski definition) is 0. The van der Waals surface area contributed by atoms with Gasteiger partial charge in [-0.3, -0.25) is 4.90 Å². The van der Waals surface area contributed by atoms with E-state index < -0.39 is 0 Å². The number of ether oxygens (including phenoxy) is 2. The molecule has 3 aliphatic rings. The number of piperidine rings is 1. The molecule has 2 aliphatic heterocycles. The molecule has 1 atom stereocenters. The summed E-state index contributed by atoms with van der Waals surface area (Å²) in [5, 5.41) is 0. The van der Waals surface area contributed by atoms with Crippen molar-refractivity contribution in [3.05, 3.63) is 24.2 Å². The maximum Gasteiger partial charge on any atom is 0.0947 e. The summed E-state index contributed by atoms with van der Waals surface area (Å²) in [6.07, 6.45) is 11.1. The Morgan fingerprint density at radius 2 is 2.09 bits per heavy atom. The molecule has 1 aliphatic carbocycles. The van der Waals surface area contributed by atoms with E-state index in [-0.39, 0.29) is 5.60 Å². The van der Waals surface area contributed by atoms with Gasteiger partial charge in [-0.1, -0.05) is 0 Å². The molecule has 2 saturated heterocycles. The minimum Gasteiger partial charge on any atom is -0.472 e. The standard InChI is InChI=1S/C19H29NO3/c1-2-16(1)14-22-11-4-18-5-12-23-19(18)6-8-20(9-7-19)13-17-3-10-21-15-17/h3,10,15-16,18H,1-2,4-9,11-14H2/t18-/m0/s1. The molecular formula is C19H29NO3. The van der Waals surface area contributed by atoms with Crippen LogP contribution in [0.25, 0.3) is 0 Å². The molecule has 0 aromatic carbocycles. The van der Waals surface area contributed by atoms with Crippen molar-refractivity contribution in [3.63, 3.8) is 0 Å². The summed E-state index contributed by atoms with van der Waals surface area (Å²) in [6, 6.07) is 2.07. The zero-order chi connectivity index (χ0) is 15.5. The van der Waals surface area contributed by atoms with Gasteiger partial charge in [-0.2, -0.15) is 0 Å².